The summed E-state index contributed by atoms with van der Waals surface area (Å²) in [6, 6.07) is 6.07. The van der Waals surface area contributed by atoms with E-state index in [4.69, 9.17) is 0 Å². The van der Waals surface area contributed by atoms with E-state index in [1.54, 1.807) is 7.05 Å². The molecule has 2 rings (SSSR count). The predicted octanol–water partition coefficient (Wildman–Crippen LogP) is 2.42. The van der Waals surface area contributed by atoms with Crippen molar-refractivity contribution in [2.24, 2.45) is 4.99 Å². The molecule has 26 heavy (non-hydrogen) atoms. The predicted molar refractivity (Wildman–Crippen MR) is 115 cm³/mol. The summed E-state index contributed by atoms with van der Waals surface area (Å²) in [5.74, 6) is 0.0984. The summed E-state index contributed by atoms with van der Waals surface area (Å²) in [5, 5.41) is 9.12. The number of amides is 1. The molecule has 0 spiro atoms. The molecule has 0 saturated carbocycles. The highest BCUT2D eigenvalue weighted by molar-refractivity contribution is 14.0. The van der Waals surface area contributed by atoms with Gasteiger partial charge in [0.2, 0.25) is 5.91 Å². The molecule has 1 aromatic carbocycles. The van der Waals surface area contributed by atoms with Crippen molar-refractivity contribution >= 4 is 41.5 Å². The van der Waals surface area contributed by atoms with Crippen LogP contribution in [0, 0.1) is 5.82 Å². The number of carbonyl (C=O) groups is 1. The summed E-state index contributed by atoms with van der Waals surface area (Å²) in [7, 11) is 1.69. The number of nitrogens with zero attached hydrogens (tertiary/aromatic N) is 2. The van der Waals surface area contributed by atoms with Crippen LogP contribution in [-0.2, 0) is 4.79 Å². The van der Waals surface area contributed by atoms with Crippen LogP contribution in [0.4, 0.5) is 10.1 Å². The van der Waals surface area contributed by atoms with Gasteiger partial charge in [0.25, 0.3) is 0 Å². The molecule has 0 radical (unpaired) electrons. The molecule has 146 valence electrons. The number of rotatable bonds is 6. The van der Waals surface area contributed by atoms with Crippen molar-refractivity contribution < 1.29 is 9.18 Å². The molecular weight excluding hydrogens is 448 g/mol. The lowest BCUT2D eigenvalue weighted by molar-refractivity contribution is -0.115. The van der Waals surface area contributed by atoms with Crippen LogP contribution in [0.1, 0.15) is 26.2 Å². The topological polar surface area (TPSA) is 68.8 Å². The SMILES string of the molecule is CCCN1CCC(NC(=NC)NCC(=O)Nc2ccc(F)cc2)CC1.I. The van der Waals surface area contributed by atoms with Gasteiger partial charge in [-0.2, -0.15) is 0 Å². The van der Waals surface area contributed by atoms with Gasteiger partial charge in [0, 0.05) is 31.9 Å². The average Bonchev–Trinajstić information content (AvgIpc) is 2.62. The van der Waals surface area contributed by atoms with Crippen molar-refractivity contribution in [3.05, 3.63) is 30.1 Å². The first-order valence-corrected chi connectivity index (χ1v) is 8.85. The van der Waals surface area contributed by atoms with Gasteiger partial charge < -0.3 is 20.9 Å². The first-order chi connectivity index (χ1) is 12.1. The van der Waals surface area contributed by atoms with E-state index in [1.165, 1.54) is 30.7 Å². The van der Waals surface area contributed by atoms with Gasteiger partial charge in [0.05, 0.1) is 6.54 Å². The Hall–Kier alpha value is -1.42. The molecule has 1 aliphatic rings. The highest BCUT2D eigenvalue weighted by atomic mass is 127. The van der Waals surface area contributed by atoms with Gasteiger partial charge in [-0.25, -0.2) is 4.39 Å². The Morgan fingerprint density at radius 1 is 1.27 bits per heavy atom. The average molecular weight is 477 g/mol. The van der Waals surface area contributed by atoms with E-state index in [1.807, 2.05) is 0 Å². The molecule has 8 heteroatoms. The summed E-state index contributed by atoms with van der Waals surface area (Å²) >= 11 is 0. The highest BCUT2D eigenvalue weighted by Gasteiger charge is 2.19. The van der Waals surface area contributed by atoms with Gasteiger partial charge in [-0.3, -0.25) is 9.79 Å². The number of likely N-dealkylation sites (tertiary alicyclic amines) is 1. The van der Waals surface area contributed by atoms with E-state index in [0.29, 0.717) is 17.7 Å². The van der Waals surface area contributed by atoms with Gasteiger partial charge in [-0.1, -0.05) is 6.92 Å². The van der Waals surface area contributed by atoms with E-state index in [2.05, 4.69) is 32.8 Å². The third-order valence-corrected chi connectivity index (χ3v) is 4.24. The normalized spacial score (nSPS) is 15.9. The van der Waals surface area contributed by atoms with Crippen LogP contribution < -0.4 is 16.0 Å². The Morgan fingerprint density at radius 3 is 2.50 bits per heavy atom. The maximum absolute atomic E-state index is 12.9. The van der Waals surface area contributed by atoms with Crippen molar-refractivity contribution in [2.75, 3.05) is 38.5 Å². The Bertz CT molecular complexity index is 573. The second kappa shape index (κ2) is 12.1. The molecular formula is C18H29FIN5O. The molecule has 1 aliphatic heterocycles. The smallest absolute Gasteiger partial charge is 0.243 e. The summed E-state index contributed by atoms with van der Waals surface area (Å²) in [6.45, 7) is 5.64. The van der Waals surface area contributed by atoms with E-state index in [-0.39, 0.29) is 42.2 Å². The van der Waals surface area contributed by atoms with E-state index >= 15 is 0 Å². The highest BCUT2D eigenvalue weighted by Crippen LogP contribution is 2.10. The van der Waals surface area contributed by atoms with Gasteiger partial charge >= 0.3 is 0 Å². The van der Waals surface area contributed by atoms with Crippen LogP contribution in [0.3, 0.4) is 0 Å². The zero-order chi connectivity index (χ0) is 18.1. The maximum atomic E-state index is 12.9. The van der Waals surface area contributed by atoms with Crippen molar-refractivity contribution in [3.63, 3.8) is 0 Å². The standard InChI is InChI=1S/C18H28FN5O.HI/c1-3-10-24-11-8-16(9-12-24)23-18(20-2)21-13-17(25)22-15-6-4-14(19)5-7-15;/h4-7,16H,3,8-13H2,1-2H3,(H,22,25)(H2,20,21,23);1H. The number of anilines is 1. The lowest BCUT2D eigenvalue weighted by atomic mass is 10.1. The number of hydrogen-bond acceptors (Lipinski definition) is 3. The molecule has 1 fully saturated rings. The van der Waals surface area contributed by atoms with Crippen molar-refractivity contribution in [3.8, 4) is 0 Å². The quantitative estimate of drug-likeness (QED) is 0.335. The van der Waals surface area contributed by atoms with Crippen LogP contribution in [0.15, 0.2) is 29.3 Å². The summed E-state index contributed by atoms with van der Waals surface area (Å²) in [5.41, 5.74) is 0.569. The molecule has 1 saturated heterocycles. The zero-order valence-electron chi connectivity index (χ0n) is 15.4. The number of aliphatic imine (C=N–C) groups is 1. The molecule has 1 aromatic rings. The molecule has 0 bridgehead atoms. The maximum Gasteiger partial charge on any atom is 0.243 e. The first-order valence-electron chi connectivity index (χ1n) is 8.85. The molecule has 0 aromatic heterocycles. The third-order valence-electron chi connectivity index (χ3n) is 4.24. The largest absolute Gasteiger partial charge is 0.354 e. The summed E-state index contributed by atoms with van der Waals surface area (Å²) < 4.78 is 12.9. The fraction of sp³-hybridized carbons (Fsp3) is 0.556. The number of carbonyl (C=O) groups excluding carboxylic acids is 1. The third kappa shape index (κ3) is 7.86. The van der Waals surface area contributed by atoms with E-state index in [0.717, 1.165) is 32.5 Å². The van der Waals surface area contributed by atoms with Crippen molar-refractivity contribution in [1.29, 1.82) is 0 Å². The Balaban J connectivity index is 0.00000338. The first kappa shape index (κ1) is 22.6. The van der Waals surface area contributed by atoms with Crippen LogP contribution in [0.2, 0.25) is 0 Å². The van der Waals surface area contributed by atoms with Crippen LogP contribution in [-0.4, -0.2) is 56.0 Å². The Labute approximate surface area is 172 Å². The zero-order valence-corrected chi connectivity index (χ0v) is 17.8. The molecule has 1 heterocycles. The minimum atomic E-state index is -0.328. The Morgan fingerprint density at radius 2 is 1.92 bits per heavy atom. The van der Waals surface area contributed by atoms with Crippen LogP contribution in [0.5, 0.6) is 0 Å². The number of benzene rings is 1. The number of nitrogens with one attached hydrogen (secondary N) is 3. The van der Waals surface area contributed by atoms with Crippen LogP contribution in [0.25, 0.3) is 0 Å². The lowest BCUT2D eigenvalue weighted by Gasteiger charge is -2.32. The van der Waals surface area contributed by atoms with Gasteiger partial charge in [-0.15, -0.1) is 24.0 Å². The summed E-state index contributed by atoms with van der Waals surface area (Å²) in [4.78, 5) is 18.6. The monoisotopic (exact) mass is 477 g/mol. The minimum Gasteiger partial charge on any atom is -0.354 e. The number of piperidine rings is 1. The molecule has 3 N–H and O–H groups in total. The van der Waals surface area contributed by atoms with Crippen molar-refractivity contribution in [1.82, 2.24) is 15.5 Å². The Kier molecular flexibility index (Phi) is 10.5. The molecule has 0 aliphatic carbocycles. The van der Waals surface area contributed by atoms with Crippen molar-refractivity contribution in [2.45, 2.75) is 32.2 Å². The van der Waals surface area contributed by atoms with Gasteiger partial charge in [0.1, 0.15) is 5.82 Å². The second-order valence-electron chi connectivity index (χ2n) is 6.24. The minimum absolute atomic E-state index is 0. The fourth-order valence-electron chi connectivity index (χ4n) is 2.91. The number of hydrogen-bond donors (Lipinski definition) is 3. The molecule has 6 nitrogen and oxygen atoms in total. The number of guanidine groups is 1. The molecule has 0 unspecified atom stereocenters. The van der Waals surface area contributed by atoms with Crippen LogP contribution >= 0.6 is 24.0 Å². The molecule has 0 atom stereocenters. The van der Waals surface area contributed by atoms with E-state index in [9.17, 15) is 9.18 Å². The second-order valence-corrected chi connectivity index (χ2v) is 6.24. The van der Waals surface area contributed by atoms with Gasteiger partial charge in [-0.05, 0) is 50.1 Å². The van der Waals surface area contributed by atoms with E-state index < -0.39 is 0 Å². The summed E-state index contributed by atoms with van der Waals surface area (Å²) in [6.07, 6.45) is 3.33. The lowest BCUT2D eigenvalue weighted by Crippen LogP contribution is -2.49. The molecule has 1 amide bonds. The fourth-order valence-corrected chi connectivity index (χ4v) is 2.91. The van der Waals surface area contributed by atoms with Gasteiger partial charge in [0.15, 0.2) is 5.96 Å². The number of halogens is 2.